The number of aromatic nitrogens is 2. The second-order valence-electron chi connectivity index (χ2n) is 8.31. The van der Waals surface area contributed by atoms with Gasteiger partial charge in [0.2, 0.25) is 0 Å². The van der Waals surface area contributed by atoms with Crippen molar-refractivity contribution < 1.29 is 9.53 Å². The molecule has 0 radical (unpaired) electrons. The highest BCUT2D eigenvalue weighted by molar-refractivity contribution is 5.80. The van der Waals surface area contributed by atoms with Gasteiger partial charge in [-0.3, -0.25) is 4.99 Å². The average Bonchev–Trinajstić information content (AvgIpc) is 3.10. The first-order valence-corrected chi connectivity index (χ1v) is 10.7. The summed E-state index contributed by atoms with van der Waals surface area (Å²) >= 11 is 0. The number of unbranched alkanes of at least 4 members (excludes halogenated alkanes) is 1. The molecule has 0 saturated carbocycles. The average molecular weight is 417 g/mol. The van der Waals surface area contributed by atoms with E-state index in [-0.39, 0.29) is 6.04 Å². The zero-order valence-corrected chi connectivity index (χ0v) is 18.9. The number of hydrogen-bond donors (Lipinski definition) is 3. The summed E-state index contributed by atoms with van der Waals surface area (Å²) in [7, 11) is 1.75. The van der Waals surface area contributed by atoms with Gasteiger partial charge in [-0.2, -0.15) is 0 Å². The fraction of sp³-hybridized carbons (Fsp3) is 0.591. The SMILES string of the molecule is CCCCC(CNC(=O)OC(C)(C)C)NC(=NC)NCCc1cn2ccccc2n1. The van der Waals surface area contributed by atoms with Crippen LogP contribution in [0.5, 0.6) is 0 Å². The van der Waals surface area contributed by atoms with E-state index in [1.807, 2.05) is 55.8 Å². The molecule has 0 aliphatic rings. The molecule has 166 valence electrons. The second kappa shape index (κ2) is 11.4. The minimum Gasteiger partial charge on any atom is -0.444 e. The maximum Gasteiger partial charge on any atom is 0.407 e. The maximum absolute atomic E-state index is 12.0. The van der Waals surface area contributed by atoms with E-state index in [1.165, 1.54) is 0 Å². The number of nitrogens with one attached hydrogen (secondary N) is 3. The number of carbonyl (C=O) groups excluding carboxylic acids is 1. The Balaban J connectivity index is 1.83. The highest BCUT2D eigenvalue weighted by Crippen LogP contribution is 2.07. The Morgan fingerprint density at radius 1 is 1.30 bits per heavy atom. The Labute approximate surface area is 179 Å². The Bertz CT molecular complexity index is 791. The van der Waals surface area contributed by atoms with E-state index in [9.17, 15) is 4.79 Å². The molecule has 0 bridgehead atoms. The van der Waals surface area contributed by atoms with E-state index in [0.29, 0.717) is 19.0 Å². The Hall–Kier alpha value is -2.77. The number of nitrogens with zero attached hydrogens (tertiary/aromatic N) is 3. The van der Waals surface area contributed by atoms with Gasteiger partial charge in [0.25, 0.3) is 0 Å². The van der Waals surface area contributed by atoms with Crippen LogP contribution in [0, 0.1) is 0 Å². The van der Waals surface area contributed by atoms with E-state index in [2.05, 4.69) is 32.9 Å². The van der Waals surface area contributed by atoms with Gasteiger partial charge in [0.05, 0.1) is 5.69 Å². The van der Waals surface area contributed by atoms with Crippen molar-refractivity contribution in [1.29, 1.82) is 0 Å². The quantitative estimate of drug-likeness (QED) is 0.431. The summed E-state index contributed by atoms with van der Waals surface area (Å²) in [5.41, 5.74) is 1.47. The molecule has 2 heterocycles. The fourth-order valence-corrected chi connectivity index (χ4v) is 3.00. The first-order chi connectivity index (χ1) is 14.3. The summed E-state index contributed by atoms with van der Waals surface area (Å²) in [4.78, 5) is 20.9. The lowest BCUT2D eigenvalue weighted by molar-refractivity contribution is 0.0523. The minimum atomic E-state index is -0.508. The van der Waals surface area contributed by atoms with Gasteiger partial charge in [-0.1, -0.05) is 25.8 Å². The lowest BCUT2D eigenvalue weighted by Gasteiger charge is -2.24. The number of imidazole rings is 1. The fourth-order valence-electron chi connectivity index (χ4n) is 3.00. The van der Waals surface area contributed by atoms with Crippen LogP contribution >= 0.6 is 0 Å². The van der Waals surface area contributed by atoms with Gasteiger partial charge in [0, 0.05) is 45.0 Å². The van der Waals surface area contributed by atoms with Crippen molar-refractivity contribution in [2.75, 3.05) is 20.1 Å². The molecule has 2 rings (SSSR count). The summed E-state index contributed by atoms with van der Waals surface area (Å²) in [6, 6.07) is 6.04. The van der Waals surface area contributed by atoms with Crippen LogP contribution in [-0.4, -0.2) is 53.2 Å². The Morgan fingerprint density at radius 2 is 2.10 bits per heavy atom. The molecule has 0 spiro atoms. The monoisotopic (exact) mass is 416 g/mol. The molecular formula is C22H36N6O2. The molecular weight excluding hydrogens is 380 g/mol. The van der Waals surface area contributed by atoms with E-state index >= 15 is 0 Å². The van der Waals surface area contributed by atoms with Crippen LogP contribution in [0.15, 0.2) is 35.6 Å². The molecule has 0 fully saturated rings. The Kier molecular flexibility index (Phi) is 8.95. The largest absolute Gasteiger partial charge is 0.444 e. The first-order valence-electron chi connectivity index (χ1n) is 10.7. The molecule has 8 nitrogen and oxygen atoms in total. The molecule has 0 aromatic carbocycles. The summed E-state index contributed by atoms with van der Waals surface area (Å²) in [6.07, 6.45) is 7.51. The zero-order valence-electron chi connectivity index (χ0n) is 18.9. The summed E-state index contributed by atoms with van der Waals surface area (Å²) in [5.74, 6) is 0.714. The smallest absolute Gasteiger partial charge is 0.407 e. The lowest BCUT2D eigenvalue weighted by Crippen LogP contribution is -2.49. The summed E-state index contributed by atoms with van der Waals surface area (Å²) < 4.78 is 7.35. The molecule has 1 unspecified atom stereocenters. The third kappa shape index (κ3) is 8.31. The van der Waals surface area contributed by atoms with Gasteiger partial charge in [0.15, 0.2) is 5.96 Å². The number of ether oxygens (including phenoxy) is 1. The number of rotatable bonds is 9. The third-order valence-corrected chi connectivity index (χ3v) is 4.45. The lowest BCUT2D eigenvalue weighted by atomic mass is 10.1. The maximum atomic E-state index is 12.0. The molecule has 0 aliphatic carbocycles. The predicted octanol–water partition coefficient (Wildman–Crippen LogP) is 3.13. The van der Waals surface area contributed by atoms with Gasteiger partial charge in [-0.25, -0.2) is 9.78 Å². The van der Waals surface area contributed by atoms with Crippen LogP contribution in [0.1, 0.15) is 52.7 Å². The van der Waals surface area contributed by atoms with Crippen LogP contribution in [0.25, 0.3) is 5.65 Å². The van der Waals surface area contributed by atoms with E-state index < -0.39 is 11.7 Å². The highest BCUT2D eigenvalue weighted by Gasteiger charge is 2.18. The molecule has 3 N–H and O–H groups in total. The highest BCUT2D eigenvalue weighted by atomic mass is 16.6. The van der Waals surface area contributed by atoms with Crippen LogP contribution in [0.3, 0.4) is 0 Å². The summed E-state index contributed by atoms with van der Waals surface area (Å²) in [6.45, 7) is 8.91. The van der Waals surface area contributed by atoms with E-state index in [4.69, 9.17) is 4.74 Å². The van der Waals surface area contributed by atoms with Crippen molar-refractivity contribution in [3.05, 3.63) is 36.3 Å². The van der Waals surface area contributed by atoms with Gasteiger partial charge in [-0.15, -0.1) is 0 Å². The van der Waals surface area contributed by atoms with Crippen molar-refractivity contribution >= 4 is 17.7 Å². The standard InChI is InChI=1S/C22H36N6O2/c1-6-7-10-17(15-25-21(29)30-22(2,3)4)27-20(23-5)24-13-12-18-16-28-14-9-8-11-19(28)26-18/h8-9,11,14,16-17H,6-7,10,12-13,15H2,1-5H3,(H,25,29)(H2,23,24,27). The number of alkyl carbamates (subject to hydrolysis) is 1. The molecule has 1 amide bonds. The van der Waals surface area contributed by atoms with Gasteiger partial charge < -0.3 is 25.1 Å². The van der Waals surface area contributed by atoms with Crippen LogP contribution in [0.4, 0.5) is 4.79 Å². The molecule has 2 aromatic heterocycles. The minimum absolute atomic E-state index is 0.0684. The topological polar surface area (TPSA) is 92.0 Å². The van der Waals surface area contributed by atoms with Crippen LogP contribution in [-0.2, 0) is 11.2 Å². The van der Waals surface area contributed by atoms with Crippen molar-refractivity contribution in [3.63, 3.8) is 0 Å². The zero-order chi connectivity index (χ0) is 22.0. The van der Waals surface area contributed by atoms with Crippen LogP contribution < -0.4 is 16.0 Å². The van der Waals surface area contributed by atoms with Crippen molar-refractivity contribution in [2.24, 2.45) is 4.99 Å². The number of fused-ring (bicyclic) bond motifs is 1. The molecule has 0 aliphatic heterocycles. The number of carbonyl (C=O) groups is 1. The normalized spacial score (nSPS) is 13.2. The van der Waals surface area contributed by atoms with Crippen molar-refractivity contribution in [1.82, 2.24) is 25.3 Å². The number of hydrogen-bond acceptors (Lipinski definition) is 4. The van der Waals surface area contributed by atoms with Gasteiger partial charge in [0.1, 0.15) is 11.2 Å². The molecule has 30 heavy (non-hydrogen) atoms. The Morgan fingerprint density at radius 3 is 2.77 bits per heavy atom. The molecule has 1 atom stereocenters. The molecule has 2 aromatic rings. The number of amides is 1. The van der Waals surface area contributed by atoms with Gasteiger partial charge in [-0.05, 0) is 39.3 Å². The predicted molar refractivity (Wildman–Crippen MR) is 121 cm³/mol. The molecule has 8 heteroatoms. The van der Waals surface area contributed by atoms with Crippen molar-refractivity contribution in [2.45, 2.75) is 65.0 Å². The van der Waals surface area contributed by atoms with Crippen LogP contribution in [0.2, 0.25) is 0 Å². The van der Waals surface area contributed by atoms with Gasteiger partial charge >= 0.3 is 6.09 Å². The second-order valence-corrected chi connectivity index (χ2v) is 8.31. The number of guanidine groups is 1. The van der Waals surface area contributed by atoms with E-state index in [0.717, 1.165) is 37.0 Å². The van der Waals surface area contributed by atoms with E-state index in [1.54, 1.807) is 7.05 Å². The summed E-state index contributed by atoms with van der Waals surface area (Å²) in [5, 5.41) is 9.61. The third-order valence-electron chi connectivity index (χ3n) is 4.45. The first kappa shape index (κ1) is 23.5. The number of aliphatic imine (C=N–C) groups is 1. The number of pyridine rings is 1. The molecule has 0 saturated heterocycles. The van der Waals surface area contributed by atoms with Crippen molar-refractivity contribution in [3.8, 4) is 0 Å².